The molecule has 6 aliphatic rings. The molecule has 6 unspecified atom stereocenters. The third kappa shape index (κ3) is 4.92. The number of likely N-dealkylation sites (tertiary alicyclic amines) is 2. The number of hydrogen-bond donors (Lipinski definition) is 5. The van der Waals surface area contributed by atoms with Gasteiger partial charge in [0.05, 0.1) is 18.1 Å². The third-order valence-corrected chi connectivity index (χ3v) is 12.1. The molecule has 10 heteroatoms. The first-order chi connectivity index (χ1) is 18.7. The molecule has 220 valence electrons. The number of alkyl halides is 1. The summed E-state index contributed by atoms with van der Waals surface area (Å²) in [4.78, 5) is 30.7. The van der Waals surface area contributed by atoms with Crippen LogP contribution in [0.3, 0.4) is 0 Å². The lowest BCUT2D eigenvalue weighted by Crippen LogP contribution is -2.65. The summed E-state index contributed by atoms with van der Waals surface area (Å²) >= 11 is 0. The molecule has 0 bridgehead atoms. The fourth-order valence-electron chi connectivity index (χ4n) is 9.67. The van der Waals surface area contributed by atoms with Crippen molar-refractivity contribution in [1.29, 1.82) is 0 Å². The number of rotatable bonds is 5. The van der Waals surface area contributed by atoms with Gasteiger partial charge in [-0.2, -0.15) is 0 Å². The maximum Gasteiger partial charge on any atom is 0.227 e. The lowest BCUT2D eigenvalue weighted by molar-refractivity contribution is -0.131. The Balaban J connectivity index is 1.13. The minimum atomic E-state index is -0.894. The van der Waals surface area contributed by atoms with E-state index in [0.29, 0.717) is 19.4 Å². The van der Waals surface area contributed by atoms with Gasteiger partial charge < -0.3 is 32.3 Å². The summed E-state index contributed by atoms with van der Waals surface area (Å²) < 4.78 is 15.0. The SMILES string of the molecule is CN1C(=O)CCC12CCN(C1CCNCC1NC(=O)C(C(N)N)C1CC34CCCC[C@]3(CC(F)CN1)C4)CC2. The van der Waals surface area contributed by atoms with Crippen molar-refractivity contribution >= 4 is 11.8 Å². The molecule has 7 atom stereocenters. The number of halogens is 1. The van der Waals surface area contributed by atoms with E-state index in [9.17, 15) is 9.59 Å². The van der Waals surface area contributed by atoms with E-state index < -0.39 is 18.3 Å². The van der Waals surface area contributed by atoms with Gasteiger partial charge >= 0.3 is 0 Å². The van der Waals surface area contributed by atoms with Crippen LogP contribution in [0.4, 0.5) is 4.39 Å². The van der Waals surface area contributed by atoms with Gasteiger partial charge in [0, 0.05) is 57.3 Å². The van der Waals surface area contributed by atoms with Crippen LogP contribution in [-0.2, 0) is 9.59 Å². The summed E-state index contributed by atoms with van der Waals surface area (Å²) in [6.45, 7) is 3.76. The highest BCUT2D eigenvalue weighted by Crippen LogP contribution is 2.75. The topological polar surface area (TPSA) is 129 Å². The largest absolute Gasteiger partial charge is 0.350 e. The smallest absolute Gasteiger partial charge is 0.227 e. The molecule has 4 heterocycles. The first-order valence-electron chi connectivity index (χ1n) is 15.6. The van der Waals surface area contributed by atoms with Crippen molar-refractivity contribution in [2.75, 3.05) is 39.8 Å². The summed E-state index contributed by atoms with van der Waals surface area (Å²) in [6.07, 6.45) is 10.0. The van der Waals surface area contributed by atoms with Gasteiger partial charge in [0.25, 0.3) is 0 Å². The van der Waals surface area contributed by atoms with Crippen molar-refractivity contribution in [2.24, 2.45) is 28.2 Å². The van der Waals surface area contributed by atoms with Crippen LogP contribution >= 0.6 is 0 Å². The number of nitrogens with two attached hydrogens (primary N) is 2. The fourth-order valence-corrected chi connectivity index (χ4v) is 9.67. The van der Waals surface area contributed by atoms with E-state index in [1.807, 2.05) is 11.9 Å². The van der Waals surface area contributed by atoms with Gasteiger partial charge in [-0.15, -0.1) is 0 Å². The van der Waals surface area contributed by atoms with Crippen LogP contribution in [0.25, 0.3) is 0 Å². The van der Waals surface area contributed by atoms with E-state index in [0.717, 1.165) is 71.0 Å². The van der Waals surface area contributed by atoms with Crippen LogP contribution < -0.4 is 27.4 Å². The van der Waals surface area contributed by atoms with E-state index in [2.05, 4.69) is 20.9 Å². The summed E-state index contributed by atoms with van der Waals surface area (Å²) in [5.74, 6) is -0.446. The number of carbonyl (C=O) groups is 2. The molecule has 2 aliphatic carbocycles. The predicted molar refractivity (Wildman–Crippen MR) is 148 cm³/mol. The number of nitrogens with one attached hydrogen (secondary N) is 3. The van der Waals surface area contributed by atoms with Gasteiger partial charge in [0.1, 0.15) is 6.17 Å². The second kappa shape index (κ2) is 10.5. The third-order valence-electron chi connectivity index (χ3n) is 12.1. The Morgan fingerprint density at radius 3 is 2.46 bits per heavy atom. The molecular weight excluding hydrogens is 497 g/mol. The summed E-state index contributed by atoms with van der Waals surface area (Å²) in [5, 5.41) is 10.2. The van der Waals surface area contributed by atoms with Gasteiger partial charge in [0.15, 0.2) is 0 Å². The summed E-state index contributed by atoms with van der Waals surface area (Å²) in [6, 6.07) is -0.0261. The highest BCUT2D eigenvalue weighted by atomic mass is 19.1. The average molecular weight is 548 g/mol. The number of carbonyl (C=O) groups excluding carboxylic acids is 2. The van der Waals surface area contributed by atoms with E-state index in [1.54, 1.807) is 0 Å². The molecule has 7 N–H and O–H groups in total. The Labute approximate surface area is 232 Å². The molecule has 1 spiro atoms. The second-order valence-electron chi connectivity index (χ2n) is 14.0. The van der Waals surface area contributed by atoms with Crippen LogP contribution in [0.5, 0.6) is 0 Å². The molecule has 6 fully saturated rings. The molecule has 2 amide bonds. The first kappa shape index (κ1) is 27.8. The van der Waals surface area contributed by atoms with Crippen LogP contribution in [0, 0.1) is 16.7 Å². The van der Waals surface area contributed by atoms with Crippen molar-refractivity contribution in [3.63, 3.8) is 0 Å². The molecule has 9 nitrogen and oxygen atoms in total. The van der Waals surface area contributed by atoms with Crippen molar-refractivity contribution in [3.8, 4) is 0 Å². The molecule has 0 aromatic carbocycles. The predicted octanol–water partition coefficient (Wildman–Crippen LogP) is 0.820. The fraction of sp³-hybridized carbons (Fsp3) is 0.931. The molecule has 0 radical (unpaired) electrons. The molecular formula is C29H50FN7O2. The zero-order valence-corrected chi connectivity index (χ0v) is 23.7. The molecule has 4 saturated heterocycles. The van der Waals surface area contributed by atoms with Gasteiger partial charge in [-0.3, -0.25) is 14.5 Å². The van der Waals surface area contributed by atoms with Crippen LogP contribution in [0.15, 0.2) is 0 Å². The highest BCUT2D eigenvalue weighted by molar-refractivity contribution is 5.80. The monoisotopic (exact) mass is 547 g/mol. The van der Waals surface area contributed by atoms with Crippen molar-refractivity contribution in [2.45, 2.75) is 113 Å². The second-order valence-corrected chi connectivity index (χ2v) is 14.0. The molecule has 4 aliphatic heterocycles. The highest BCUT2D eigenvalue weighted by Gasteiger charge is 2.68. The van der Waals surface area contributed by atoms with Gasteiger partial charge in [-0.1, -0.05) is 12.8 Å². The summed E-state index contributed by atoms with van der Waals surface area (Å²) in [5.41, 5.74) is 12.9. The Morgan fingerprint density at radius 2 is 1.79 bits per heavy atom. The van der Waals surface area contributed by atoms with Gasteiger partial charge in [0.2, 0.25) is 11.8 Å². The number of amides is 2. The molecule has 0 aromatic heterocycles. The zero-order chi connectivity index (χ0) is 27.4. The van der Waals surface area contributed by atoms with Crippen LogP contribution in [0.1, 0.15) is 77.0 Å². The van der Waals surface area contributed by atoms with Crippen LogP contribution in [0.2, 0.25) is 0 Å². The van der Waals surface area contributed by atoms with Crippen molar-refractivity contribution < 1.29 is 14.0 Å². The van der Waals surface area contributed by atoms with Crippen molar-refractivity contribution in [1.82, 2.24) is 25.8 Å². The van der Waals surface area contributed by atoms with E-state index >= 15 is 4.39 Å². The van der Waals surface area contributed by atoms with E-state index in [4.69, 9.17) is 11.5 Å². The number of piperidine rings is 2. The Morgan fingerprint density at radius 1 is 1.08 bits per heavy atom. The number of hydrogen-bond acceptors (Lipinski definition) is 7. The number of nitrogens with zero attached hydrogens (tertiary/aromatic N) is 2. The molecule has 39 heavy (non-hydrogen) atoms. The lowest BCUT2D eigenvalue weighted by atomic mass is 9.71. The average Bonchev–Trinajstić information content (AvgIpc) is 3.47. The first-order valence-corrected chi connectivity index (χ1v) is 15.6. The van der Waals surface area contributed by atoms with Gasteiger partial charge in [-0.05, 0) is 75.2 Å². The Kier molecular flexibility index (Phi) is 7.49. The minimum Gasteiger partial charge on any atom is -0.350 e. The standard InChI is InChI=1S/C29H50FN7O2/c1-36-23(38)4-8-29(36)9-12-37(13-10-29)22-5-11-33-17-21(22)35-26(39)24(25(31)32)20-15-28-7-3-2-6-27(28,18-28)14-19(30)16-34-20/h19-22,24-25,33-34H,2-18,31-32H2,1H3,(H,35,39)/t19?,20?,21?,22?,24?,27-,28?/m0/s1. The minimum absolute atomic E-state index is 0.00534. The normalized spacial score (nSPS) is 41.5. The molecule has 0 aromatic rings. The molecule has 2 saturated carbocycles. The lowest BCUT2D eigenvalue weighted by Gasteiger charge is -2.48. The van der Waals surface area contributed by atoms with E-state index in [1.165, 1.54) is 12.8 Å². The maximum absolute atomic E-state index is 15.0. The Bertz CT molecular complexity index is 943. The maximum atomic E-state index is 15.0. The quantitative estimate of drug-likeness (QED) is 0.323. The Hall–Kier alpha value is -1.33. The van der Waals surface area contributed by atoms with E-state index in [-0.39, 0.29) is 52.9 Å². The van der Waals surface area contributed by atoms with Crippen molar-refractivity contribution in [3.05, 3.63) is 0 Å². The zero-order valence-electron chi connectivity index (χ0n) is 23.7. The molecule has 6 rings (SSSR count). The van der Waals surface area contributed by atoms with Crippen LogP contribution in [-0.4, -0.2) is 97.4 Å². The van der Waals surface area contributed by atoms with Gasteiger partial charge in [-0.25, -0.2) is 4.39 Å². The summed E-state index contributed by atoms with van der Waals surface area (Å²) in [7, 11) is 1.96.